The van der Waals surface area contributed by atoms with Crippen molar-refractivity contribution in [1.82, 2.24) is 0 Å². The number of carbonyl (C=O) groups is 1. The first kappa shape index (κ1) is 8.92. The molecule has 1 aromatic carbocycles. The molecule has 0 amide bonds. The Morgan fingerprint density at radius 2 is 2.27 bits per heavy atom. The van der Waals surface area contributed by atoms with E-state index in [-0.39, 0.29) is 11.9 Å². The Bertz CT molecular complexity index is 407. The van der Waals surface area contributed by atoms with Crippen molar-refractivity contribution in [2.45, 2.75) is 18.9 Å². The molecule has 0 spiro atoms. The topological polar surface area (TPSA) is 38.8 Å². The third-order valence-electron chi connectivity index (χ3n) is 2.84. The van der Waals surface area contributed by atoms with E-state index in [1.165, 1.54) is 0 Å². The van der Waals surface area contributed by atoms with Crippen LogP contribution in [0.4, 0.5) is 0 Å². The molecule has 0 bridgehead atoms. The first-order chi connectivity index (χ1) is 7.33. The Kier molecular flexibility index (Phi) is 1.99. The van der Waals surface area contributed by atoms with Crippen molar-refractivity contribution in [3.63, 3.8) is 0 Å². The second kappa shape index (κ2) is 3.35. The first-order valence-corrected chi connectivity index (χ1v) is 5.23. The van der Waals surface area contributed by atoms with Crippen LogP contribution in [0.15, 0.2) is 18.2 Å². The average Bonchev–Trinajstić information content (AvgIpc) is 3.01. The van der Waals surface area contributed by atoms with Gasteiger partial charge in [0.05, 0.1) is 6.61 Å². The van der Waals surface area contributed by atoms with Gasteiger partial charge < -0.3 is 9.47 Å². The maximum absolute atomic E-state index is 11.4. The van der Waals surface area contributed by atoms with Crippen LogP contribution in [-0.2, 0) is 11.2 Å². The number of Topliss-reactive ketones (excluding diaryl/α,β-unsaturated/α-hetero) is 1. The van der Waals surface area contributed by atoms with Crippen LogP contribution in [0.25, 0.3) is 0 Å². The van der Waals surface area contributed by atoms with Crippen molar-refractivity contribution in [3.05, 3.63) is 29.3 Å². The van der Waals surface area contributed by atoms with Crippen molar-refractivity contribution in [1.29, 1.82) is 0 Å². The summed E-state index contributed by atoms with van der Waals surface area (Å²) in [6, 6.07) is 5.71. The predicted octanol–water partition coefficient (Wildman–Crippen LogP) is 1.59. The minimum absolute atomic E-state index is 0.252. The van der Waals surface area contributed by atoms with Crippen molar-refractivity contribution in [2.75, 3.05) is 13.2 Å². The fraction of sp³-hybridized carbons (Fsp3) is 0.417. The van der Waals surface area contributed by atoms with E-state index in [1.807, 2.05) is 18.2 Å². The van der Waals surface area contributed by atoms with Gasteiger partial charge in [0.15, 0.2) is 5.78 Å². The largest absolute Gasteiger partial charge is 0.491 e. The zero-order chi connectivity index (χ0) is 10.3. The third kappa shape index (κ3) is 1.75. The summed E-state index contributed by atoms with van der Waals surface area (Å²) in [5, 5.41) is 0. The lowest BCUT2D eigenvalue weighted by molar-refractivity contribution is 0.0994. The smallest absolute Gasteiger partial charge is 0.163 e. The number of carbonyl (C=O) groups excluding carboxylic acids is 1. The summed E-state index contributed by atoms with van der Waals surface area (Å²) in [6.07, 6.45) is 1.77. The zero-order valence-corrected chi connectivity index (χ0v) is 8.36. The van der Waals surface area contributed by atoms with Gasteiger partial charge >= 0.3 is 0 Å². The Hall–Kier alpha value is -1.35. The van der Waals surface area contributed by atoms with Crippen LogP contribution in [0.2, 0.25) is 0 Å². The number of ether oxygens (including phenoxy) is 2. The van der Waals surface area contributed by atoms with Gasteiger partial charge in [0.25, 0.3) is 0 Å². The van der Waals surface area contributed by atoms with Gasteiger partial charge in [0.2, 0.25) is 0 Å². The molecule has 0 N–H and O–H groups in total. The number of hydrogen-bond donors (Lipinski definition) is 0. The second-order valence-electron chi connectivity index (χ2n) is 4.01. The number of hydrogen-bond acceptors (Lipinski definition) is 3. The Balaban J connectivity index is 1.76. The standard InChI is InChI=1S/C12H12O3/c13-12-4-1-8-5-9(2-3-11(8)12)14-6-10-7-15-10/h2-3,5,10H,1,4,6-7H2. The van der Waals surface area contributed by atoms with Gasteiger partial charge in [0.1, 0.15) is 18.5 Å². The highest BCUT2D eigenvalue weighted by molar-refractivity contribution is 6.00. The van der Waals surface area contributed by atoms with Crippen LogP contribution in [-0.4, -0.2) is 25.1 Å². The van der Waals surface area contributed by atoms with Crippen LogP contribution in [0.3, 0.4) is 0 Å². The number of fused-ring (bicyclic) bond motifs is 1. The molecule has 1 atom stereocenters. The molecule has 1 aliphatic carbocycles. The van der Waals surface area contributed by atoms with Gasteiger partial charge in [-0.25, -0.2) is 0 Å². The second-order valence-corrected chi connectivity index (χ2v) is 4.01. The maximum atomic E-state index is 11.4. The lowest BCUT2D eigenvalue weighted by Crippen LogP contribution is -2.04. The zero-order valence-electron chi connectivity index (χ0n) is 8.36. The number of aryl methyl sites for hydroxylation is 1. The van der Waals surface area contributed by atoms with Gasteiger partial charge in [-0.1, -0.05) is 0 Å². The fourth-order valence-electron chi connectivity index (χ4n) is 1.88. The molecule has 2 aliphatic rings. The summed E-state index contributed by atoms with van der Waals surface area (Å²) < 4.78 is 10.6. The molecule has 0 saturated carbocycles. The number of rotatable bonds is 3. The van der Waals surface area contributed by atoms with E-state index in [0.29, 0.717) is 13.0 Å². The van der Waals surface area contributed by atoms with E-state index in [2.05, 4.69) is 0 Å². The summed E-state index contributed by atoms with van der Waals surface area (Å²) in [4.78, 5) is 11.4. The molecule has 3 heteroatoms. The van der Waals surface area contributed by atoms with Gasteiger partial charge in [-0.2, -0.15) is 0 Å². The number of benzene rings is 1. The lowest BCUT2D eigenvalue weighted by atomic mass is 10.1. The molecule has 0 aromatic heterocycles. The van der Waals surface area contributed by atoms with E-state index < -0.39 is 0 Å². The number of epoxide rings is 1. The SMILES string of the molecule is O=C1CCc2cc(OCC3CO3)ccc21. The van der Waals surface area contributed by atoms with E-state index in [1.54, 1.807) is 0 Å². The van der Waals surface area contributed by atoms with Crippen molar-refractivity contribution in [3.8, 4) is 5.75 Å². The van der Waals surface area contributed by atoms with Gasteiger partial charge in [-0.05, 0) is 30.2 Å². The third-order valence-corrected chi connectivity index (χ3v) is 2.84. The molecule has 1 aliphatic heterocycles. The van der Waals surface area contributed by atoms with E-state index >= 15 is 0 Å². The monoisotopic (exact) mass is 204 g/mol. The summed E-state index contributed by atoms with van der Waals surface area (Å²) in [5.74, 6) is 1.10. The van der Waals surface area contributed by atoms with E-state index in [0.717, 1.165) is 29.9 Å². The van der Waals surface area contributed by atoms with Crippen LogP contribution >= 0.6 is 0 Å². The minimum atomic E-state index is 0.252. The molecule has 1 fully saturated rings. The molecular formula is C12H12O3. The average molecular weight is 204 g/mol. The van der Waals surface area contributed by atoms with Crippen LogP contribution < -0.4 is 4.74 Å². The van der Waals surface area contributed by atoms with Gasteiger partial charge in [0, 0.05) is 12.0 Å². The quantitative estimate of drug-likeness (QED) is 0.702. The highest BCUT2D eigenvalue weighted by atomic mass is 16.6. The molecule has 78 valence electrons. The molecule has 1 unspecified atom stereocenters. The maximum Gasteiger partial charge on any atom is 0.163 e. The van der Waals surface area contributed by atoms with Crippen LogP contribution in [0, 0.1) is 0 Å². The van der Waals surface area contributed by atoms with Crippen molar-refractivity contribution >= 4 is 5.78 Å². The van der Waals surface area contributed by atoms with Crippen molar-refractivity contribution in [2.24, 2.45) is 0 Å². The first-order valence-electron chi connectivity index (χ1n) is 5.23. The van der Waals surface area contributed by atoms with E-state index in [4.69, 9.17) is 9.47 Å². The Morgan fingerprint density at radius 3 is 3.07 bits per heavy atom. The van der Waals surface area contributed by atoms with Crippen LogP contribution in [0.1, 0.15) is 22.3 Å². The highest BCUT2D eigenvalue weighted by Crippen LogP contribution is 2.26. The molecule has 3 rings (SSSR count). The summed E-state index contributed by atoms with van der Waals surface area (Å²) >= 11 is 0. The Labute approximate surface area is 88.0 Å². The minimum Gasteiger partial charge on any atom is -0.491 e. The highest BCUT2D eigenvalue weighted by Gasteiger charge is 2.24. The number of ketones is 1. The molecule has 3 nitrogen and oxygen atoms in total. The lowest BCUT2D eigenvalue weighted by Gasteiger charge is -2.05. The van der Waals surface area contributed by atoms with Gasteiger partial charge in [-0.3, -0.25) is 4.79 Å². The normalized spacial score (nSPS) is 22.7. The molecule has 0 radical (unpaired) electrons. The molecule has 1 saturated heterocycles. The summed E-state index contributed by atoms with van der Waals surface area (Å²) in [5.41, 5.74) is 1.99. The van der Waals surface area contributed by atoms with Crippen LogP contribution in [0.5, 0.6) is 5.75 Å². The van der Waals surface area contributed by atoms with Gasteiger partial charge in [-0.15, -0.1) is 0 Å². The summed E-state index contributed by atoms with van der Waals surface area (Å²) in [6.45, 7) is 1.43. The predicted molar refractivity (Wildman–Crippen MR) is 54.3 cm³/mol. The Morgan fingerprint density at radius 1 is 1.40 bits per heavy atom. The van der Waals surface area contributed by atoms with E-state index in [9.17, 15) is 4.79 Å². The fourth-order valence-corrected chi connectivity index (χ4v) is 1.88. The van der Waals surface area contributed by atoms with Crippen molar-refractivity contribution < 1.29 is 14.3 Å². The molecule has 15 heavy (non-hydrogen) atoms. The molecular weight excluding hydrogens is 192 g/mol. The molecule has 1 aromatic rings. The summed E-state index contributed by atoms with van der Waals surface area (Å²) in [7, 11) is 0. The molecule has 1 heterocycles.